The standard InChI is InChI=1S/C12H8ClFN4/c13-12-17-7-10(14)11(18-12)16-6-9-3-1-2-8(4-9)5-15/h1-4,7H,6H2,(H,16,17,18). The highest BCUT2D eigenvalue weighted by atomic mass is 35.5. The summed E-state index contributed by atoms with van der Waals surface area (Å²) in [6.07, 6.45) is 1.00. The maximum absolute atomic E-state index is 13.3. The molecule has 0 atom stereocenters. The first kappa shape index (κ1) is 12.3. The fraction of sp³-hybridized carbons (Fsp3) is 0.0833. The Morgan fingerprint density at radius 1 is 1.44 bits per heavy atom. The van der Waals surface area contributed by atoms with Crippen molar-refractivity contribution in [3.05, 3.63) is 52.7 Å². The SMILES string of the molecule is N#Cc1cccc(CNc2nc(Cl)ncc2F)c1. The molecule has 1 heterocycles. The number of nitrogens with zero attached hydrogens (tertiary/aromatic N) is 3. The lowest BCUT2D eigenvalue weighted by atomic mass is 10.1. The van der Waals surface area contributed by atoms with Crippen LogP contribution in [0.25, 0.3) is 0 Å². The Balaban J connectivity index is 2.11. The van der Waals surface area contributed by atoms with Gasteiger partial charge in [-0.3, -0.25) is 0 Å². The maximum atomic E-state index is 13.3. The first-order valence-electron chi connectivity index (χ1n) is 5.10. The van der Waals surface area contributed by atoms with Gasteiger partial charge in [0.2, 0.25) is 5.28 Å². The van der Waals surface area contributed by atoms with E-state index in [0.29, 0.717) is 12.1 Å². The van der Waals surface area contributed by atoms with Crippen LogP contribution in [0.15, 0.2) is 30.5 Å². The smallest absolute Gasteiger partial charge is 0.224 e. The molecule has 0 aliphatic carbocycles. The minimum atomic E-state index is -0.573. The third-order valence-corrected chi connectivity index (χ3v) is 2.41. The first-order valence-corrected chi connectivity index (χ1v) is 5.48. The Bertz CT molecular complexity index is 609. The zero-order valence-electron chi connectivity index (χ0n) is 9.19. The van der Waals surface area contributed by atoms with Gasteiger partial charge in [-0.1, -0.05) is 12.1 Å². The van der Waals surface area contributed by atoms with Gasteiger partial charge in [0.05, 0.1) is 17.8 Å². The summed E-state index contributed by atoms with van der Waals surface area (Å²) in [6.45, 7) is 0.347. The molecule has 1 N–H and O–H groups in total. The molecule has 0 bridgehead atoms. The molecular weight excluding hydrogens is 255 g/mol. The van der Waals surface area contributed by atoms with Crippen molar-refractivity contribution in [1.82, 2.24) is 9.97 Å². The van der Waals surface area contributed by atoms with E-state index in [9.17, 15) is 4.39 Å². The van der Waals surface area contributed by atoms with E-state index in [0.717, 1.165) is 11.8 Å². The van der Waals surface area contributed by atoms with Gasteiger partial charge in [0.1, 0.15) is 0 Å². The Kier molecular flexibility index (Phi) is 3.70. The fourth-order valence-electron chi connectivity index (χ4n) is 1.41. The van der Waals surface area contributed by atoms with Crippen LogP contribution >= 0.6 is 11.6 Å². The lowest BCUT2D eigenvalue weighted by Gasteiger charge is -2.06. The largest absolute Gasteiger partial charge is 0.363 e. The van der Waals surface area contributed by atoms with Crippen LogP contribution in [-0.4, -0.2) is 9.97 Å². The van der Waals surface area contributed by atoms with Crippen LogP contribution in [0.1, 0.15) is 11.1 Å². The average molecular weight is 263 g/mol. The van der Waals surface area contributed by atoms with Gasteiger partial charge in [-0.25, -0.2) is 9.37 Å². The maximum Gasteiger partial charge on any atom is 0.224 e. The number of rotatable bonds is 3. The first-order chi connectivity index (χ1) is 8.69. The van der Waals surface area contributed by atoms with Gasteiger partial charge < -0.3 is 5.32 Å². The molecule has 0 fully saturated rings. The second-order valence-electron chi connectivity index (χ2n) is 3.50. The zero-order valence-corrected chi connectivity index (χ0v) is 9.95. The van der Waals surface area contributed by atoms with Crippen molar-refractivity contribution in [3.8, 4) is 6.07 Å². The topological polar surface area (TPSA) is 61.6 Å². The molecule has 2 rings (SSSR count). The van der Waals surface area contributed by atoms with Crippen molar-refractivity contribution in [1.29, 1.82) is 5.26 Å². The molecule has 0 aliphatic heterocycles. The monoisotopic (exact) mass is 262 g/mol. The molecule has 0 saturated carbocycles. The van der Waals surface area contributed by atoms with Crippen molar-refractivity contribution < 1.29 is 4.39 Å². The Morgan fingerprint density at radius 3 is 3.06 bits per heavy atom. The molecule has 18 heavy (non-hydrogen) atoms. The molecule has 0 radical (unpaired) electrons. The molecule has 6 heteroatoms. The average Bonchev–Trinajstić information content (AvgIpc) is 2.40. The van der Waals surface area contributed by atoms with E-state index in [2.05, 4.69) is 15.3 Å². The lowest BCUT2D eigenvalue weighted by molar-refractivity contribution is 0.616. The molecule has 4 nitrogen and oxygen atoms in total. The van der Waals surface area contributed by atoms with Gasteiger partial charge in [-0.2, -0.15) is 10.2 Å². The molecule has 0 spiro atoms. The van der Waals surface area contributed by atoms with Crippen LogP contribution in [0.4, 0.5) is 10.2 Å². The van der Waals surface area contributed by atoms with Gasteiger partial charge in [-0.05, 0) is 29.3 Å². The highest BCUT2D eigenvalue weighted by Crippen LogP contribution is 2.13. The molecule has 0 amide bonds. The predicted octanol–water partition coefficient (Wildman–Crippen LogP) is 2.75. The summed E-state index contributed by atoms with van der Waals surface area (Å²) in [6, 6.07) is 9.04. The molecule has 1 aromatic carbocycles. The van der Waals surface area contributed by atoms with Gasteiger partial charge in [0, 0.05) is 6.54 Å². The van der Waals surface area contributed by atoms with Crippen molar-refractivity contribution in [2.75, 3.05) is 5.32 Å². The summed E-state index contributed by atoms with van der Waals surface area (Å²) >= 11 is 5.57. The van der Waals surface area contributed by atoms with Crippen molar-refractivity contribution in [3.63, 3.8) is 0 Å². The molecular formula is C12H8ClFN4. The number of halogens is 2. The molecule has 1 aromatic heterocycles. The number of aromatic nitrogens is 2. The van der Waals surface area contributed by atoms with Crippen LogP contribution in [0.2, 0.25) is 5.28 Å². The molecule has 0 aliphatic rings. The number of nitriles is 1. The van der Waals surface area contributed by atoms with Crippen LogP contribution < -0.4 is 5.32 Å². The highest BCUT2D eigenvalue weighted by molar-refractivity contribution is 6.28. The van der Waals surface area contributed by atoms with Crippen molar-refractivity contribution in [2.45, 2.75) is 6.54 Å². The zero-order chi connectivity index (χ0) is 13.0. The van der Waals surface area contributed by atoms with E-state index in [1.165, 1.54) is 0 Å². The highest BCUT2D eigenvalue weighted by Gasteiger charge is 2.05. The summed E-state index contributed by atoms with van der Waals surface area (Å²) in [5.74, 6) is -0.534. The van der Waals surface area contributed by atoms with E-state index in [1.807, 2.05) is 12.1 Å². The summed E-state index contributed by atoms with van der Waals surface area (Å²) in [7, 11) is 0. The van der Waals surface area contributed by atoms with Gasteiger partial charge in [0.15, 0.2) is 11.6 Å². The lowest BCUT2D eigenvalue weighted by Crippen LogP contribution is -2.04. The van der Waals surface area contributed by atoms with E-state index in [1.54, 1.807) is 18.2 Å². The van der Waals surface area contributed by atoms with E-state index in [4.69, 9.17) is 16.9 Å². The molecule has 0 unspecified atom stereocenters. The van der Waals surface area contributed by atoms with E-state index in [-0.39, 0.29) is 11.1 Å². The summed E-state index contributed by atoms with van der Waals surface area (Å²) in [5, 5.41) is 11.5. The van der Waals surface area contributed by atoms with Gasteiger partial charge in [0.25, 0.3) is 0 Å². The molecule has 90 valence electrons. The predicted molar refractivity (Wildman–Crippen MR) is 65.5 cm³/mol. The van der Waals surface area contributed by atoms with E-state index < -0.39 is 5.82 Å². The Hall–Kier alpha value is -2.19. The number of benzene rings is 1. The van der Waals surface area contributed by atoms with Crippen molar-refractivity contribution in [2.24, 2.45) is 0 Å². The second-order valence-corrected chi connectivity index (χ2v) is 3.84. The minimum Gasteiger partial charge on any atom is -0.363 e. The summed E-state index contributed by atoms with van der Waals surface area (Å²) < 4.78 is 13.3. The third-order valence-electron chi connectivity index (χ3n) is 2.23. The van der Waals surface area contributed by atoms with Crippen LogP contribution in [-0.2, 0) is 6.54 Å². The normalized spacial score (nSPS) is 9.83. The molecule has 0 saturated heterocycles. The summed E-state index contributed by atoms with van der Waals surface area (Å²) in [5.41, 5.74) is 1.40. The van der Waals surface area contributed by atoms with E-state index >= 15 is 0 Å². The number of nitrogens with one attached hydrogen (secondary N) is 1. The minimum absolute atomic E-state index is 0.0234. The Labute approximate surface area is 108 Å². The van der Waals surface area contributed by atoms with Crippen molar-refractivity contribution >= 4 is 17.4 Å². The third kappa shape index (κ3) is 2.93. The van der Waals surface area contributed by atoms with Gasteiger partial charge >= 0.3 is 0 Å². The number of hydrogen-bond acceptors (Lipinski definition) is 4. The Morgan fingerprint density at radius 2 is 2.28 bits per heavy atom. The summed E-state index contributed by atoms with van der Waals surface area (Å²) in [4.78, 5) is 7.25. The number of anilines is 1. The van der Waals surface area contributed by atoms with Crippen LogP contribution in [0, 0.1) is 17.1 Å². The molecule has 2 aromatic rings. The van der Waals surface area contributed by atoms with Crippen LogP contribution in [0.5, 0.6) is 0 Å². The second kappa shape index (κ2) is 5.43. The fourth-order valence-corrected chi connectivity index (χ4v) is 1.54. The van der Waals surface area contributed by atoms with Gasteiger partial charge in [-0.15, -0.1) is 0 Å². The quantitative estimate of drug-likeness (QED) is 0.864. The number of hydrogen-bond donors (Lipinski definition) is 1. The van der Waals surface area contributed by atoms with Crippen LogP contribution in [0.3, 0.4) is 0 Å².